The number of phosphoric acid groups is 1. The molecule has 0 aliphatic heterocycles. The van der Waals surface area contributed by atoms with Crippen LogP contribution in [0.5, 0.6) is 0 Å². The third-order valence-corrected chi connectivity index (χ3v) is 10.3. The molecule has 0 aliphatic carbocycles. The molecule has 9 nitrogen and oxygen atoms in total. The molecule has 0 saturated carbocycles. The van der Waals surface area contributed by atoms with Crippen molar-refractivity contribution in [2.45, 2.75) is 180 Å². The molecule has 1 amide bonds. The standard InChI is InChI=1S/C44H81N2O7P/c1-6-8-10-12-14-16-18-20-22-24-26-28-30-32-36-43(48)42(40-53-54(50,51)52-39-38-46(3,4)5)45-44(49)37-33-35-41(47)34-31-29-27-25-23-21-19-17-15-13-11-9-7-2/h15,17,21,23,27,29,31,34,42-43,48H,6-14,16,18-20,22,24-26,28,30,32-33,35-40H2,1-5H3,(H-,45,49,50,51)/p+1/b17-15-,23-21-,29-27-,34-31+/t42-,43+/m0/s1. The predicted octanol–water partition coefficient (Wildman–Crippen LogP) is 10.9. The van der Waals surface area contributed by atoms with Crippen molar-refractivity contribution in [3.63, 3.8) is 0 Å². The van der Waals surface area contributed by atoms with Crippen LogP contribution in [0, 0.1) is 0 Å². The molecule has 0 aromatic carbocycles. The molecular formula is C44H82N2O7P+. The molecule has 1 unspecified atom stereocenters. The van der Waals surface area contributed by atoms with Gasteiger partial charge in [-0.25, -0.2) is 4.57 Å². The number of carbonyl (C=O) groups is 2. The summed E-state index contributed by atoms with van der Waals surface area (Å²) in [5.41, 5.74) is 0. The second kappa shape index (κ2) is 35.5. The van der Waals surface area contributed by atoms with E-state index in [2.05, 4.69) is 43.5 Å². The molecule has 0 saturated heterocycles. The van der Waals surface area contributed by atoms with E-state index in [-0.39, 0.29) is 37.7 Å². The van der Waals surface area contributed by atoms with Crippen molar-refractivity contribution in [3.8, 4) is 0 Å². The van der Waals surface area contributed by atoms with Crippen LogP contribution >= 0.6 is 7.82 Å². The third kappa shape index (κ3) is 37.1. The van der Waals surface area contributed by atoms with Gasteiger partial charge >= 0.3 is 7.82 Å². The van der Waals surface area contributed by atoms with Gasteiger partial charge in [0, 0.05) is 12.8 Å². The van der Waals surface area contributed by atoms with Gasteiger partial charge in [-0.1, -0.05) is 159 Å². The van der Waals surface area contributed by atoms with Gasteiger partial charge in [0.15, 0.2) is 5.78 Å². The highest BCUT2D eigenvalue weighted by molar-refractivity contribution is 7.47. The summed E-state index contributed by atoms with van der Waals surface area (Å²) in [6.07, 6.45) is 39.8. The summed E-state index contributed by atoms with van der Waals surface area (Å²) >= 11 is 0. The Morgan fingerprint density at radius 2 is 1.22 bits per heavy atom. The van der Waals surface area contributed by atoms with Crippen molar-refractivity contribution in [1.82, 2.24) is 5.32 Å². The maximum atomic E-state index is 12.8. The Balaban J connectivity index is 4.63. The average molecular weight is 782 g/mol. The fraction of sp³-hybridized carbons (Fsp3) is 0.773. The molecule has 0 aliphatic rings. The van der Waals surface area contributed by atoms with E-state index in [1.807, 2.05) is 33.3 Å². The molecule has 0 bridgehead atoms. The van der Waals surface area contributed by atoms with Gasteiger partial charge in [-0.3, -0.25) is 18.6 Å². The minimum absolute atomic E-state index is 0.0301. The minimum atomic E-state index is -4.38. The van der Waals surface area contributed by atoms with E-state index < -0.39 is 20.0 Å². The summed E-state index contributed by atoms with van der Waals surface area (Å²) in [6, 6.07) is -0.876. The van der Waals surface area contributed by atoms with E-state index in [0.717, 1.165) is 38.5 Å². The monoisotopic (exact) mass is 782 g/mol. The molecule has 3 atom stereocenters. The number of carbonyl (C=O) groups excluding carboxylic acids is 2. The number of phosphoric ester groups is 1. The summed E-state index contributed by atoms with van der Waals surface area (Å²) in [7, 11) is 1.46. The predicted molar refractivity (Wildman–Crippen MR) is 226 cm³/mol. The lowest BCUT2D eigenvalue weighted by molar-refractivity contribution is -0.870. The molecule has 54 heavy (non-hydrogen) atoms. The van der Waals surface area contributed by atoms with Gasteiger partial charge in [0.05, 0.1) is 39.9 Å². The molecule has 314 valence electrons. The number of amides is 1. The first-order valence-electron chi connectivity index (χ1n) is 21.5. The second-order valence-electron chi connectivity index (χ2n) is 15.8. The first kappa shape index (κ1) is 52.1. The lowest BCUT2D eigenvalue weighted by Gasteiger charge is -2.26. The van der Waals surface area contributed by atoms with Gasteiger partial charge in [-0.2, -0.15) is 0 Å². The number of aliphatic hydroxyl groups excluding tert-OH is 1. The molecule has 0 spiro atoms. The maximum Gasteiger partial charge on any atom is 0.472 e. The second-order valence-corrected chi connectivity index (χ2v) is 17.2. The molecule has 0 aromatic heterocycles. The molecule has 0 aromatic rings. The number of quaternary nitrogens is 1. The van der Waals surface area contributed by atoms with Crippen LogP contribution < -0.4 is 5.32 Å². The Labute approximate surface area is 331 Å². The van der Waals surface area contributed by atoms with E-state index >= 15 is 0 Å². The van der Waals surface area contributed by atoms with Crippen LogP contribution in [0.2, 0.25) is 0 Å². The zero-order valence-electron chi connectivity index (χ0n) is 35.2. The van der Waals surface area contributed by atoms with E-state index in [1.54, 1.807) is 6.08 Å². The Kier molecular flexibility index (Phi) is 34.3. The van der Waals surface area contributed by atoms with E-state index in [0.29, 0.717) is 23.9 Å². The quantitative estimate of drug-likeness (QED) is 0.0142. The van der Waals surface area contributed by atoms with Crippen LogP contribution in [0.3, 0.4) is 0 Å². The normalized spacial score (nSPS) is 14.8. The highest BCUT2D eigenvalue weighted by atomic mass is 31.2. The number of aliphatic hydroxyl groups is 1. The number of rotatable bonds is 38. The molecule has 0 heterocycles. The van der Waals surface area contributed by atoms with Crippen LogP contribution in [0.1, 0.15) is 168 Å². The van der Waals surface area contributed by atoms with Crippen molar-refractivity contribution in [3.05, 3.63) is 48.6 Å². The summed E-state index contributed by atoms with van der Waals surface area (Å²) in [5.74, 6) is -0.414. The van der Waals surface area contributed by atoms with E-state index in [4.69, 9.17) is 9.05 Å². The maximum absolute atomic E-state index is 12.8. The Morgan fingerprint density at radius 3 is 1.81 bits per heavy atom. The summed E-state index contributed by atoms with van der Waals surface area (Å²) in [5, 5.41) is 13.8. The van der Waals surface area contributed by atoms with Gasteiger partial charge < -0.3 is 19.8 Å². The molecule has 0 rings (SSSR count). The third-order valence-electron chi connectivity index (χ3n) is 9.31. The van der Waals surface area contributed by atoms with Crippen LogP contribution in [-0.4, -0.2) is 79.2 Å². The molecule has 10 heteroatoms. The van der Waals surface area contributed by atoms with Gasteiger partial charge in [-0.15, -0.1) is 0 Å². The lowest BCUT2D eigenvalue weighted by Crippen LogP contribution is -2.46. The van der Waals surface area contributed by atoms with Crippen LogP contribution in [-0.2, 0) is 23.2 Å². The van der Waals surface area contributed by atoms with Gasteiger partial charge in [-0.05, 0) is 44.6 Å². The first-order chi connectivity index (χ1) is 25.9. The number of ketones is 1. The van der Waals surface area contributed by atoms with Crippen LogP contribution in [0.4, 0.5) is 0 Å². The Morgan fingerprint density at radius 1 is 0.685 bits per heavy atom. The van der Waals surface area contributed by atoms with Gasteiger partial charge in [0.25, 0.3) is 0 Å². The average Bonchev–Trinajstić information content (AvgIpc) is 3.11. The summed E-state index contributed by atoms with van der Waals surface area (Å²) in [6.45, 7) is 4.64. The minimum Gasteiger partial charge on any atom is -0.391 e. The van der Waals surface area contributed by atoms with E-state index in [9.17, 15) is 24.2 Å². The highest BCUT2D eigenvalue weighted by Gasteiger charge is 2.28. The van der Waals surface area contributed by atoms with Gasteiger partial charge in [0.2, 0.25) is 5.91 Å². The molecular weight excluding hydrogens is 699 g/mol. The molecule has 3 N–H and O–H groups in total. The topological polar surface area (TPSA) is 122 Å². The summed E-state index contributed by atoms with van der Waals surface area (Å²) in [4.78, 5) is 35.4. The number of nitrogens with zero attached hydrogens (tertiary/aromatic N) is 1. The van der Waals surface area contributed by atoms with Crippen LogP contribution in [0.25, 0.3) is 0 Å². The van der Waals surface area contributed by atoms with Gasteiger partial charge in [0.1, 0.15) is 13.2 Å². The molecule has 0 radical (unpaired) electrons. The van der Waals surface area contributed by atoms with Crippen molar-refractivity contribution in [1.29, 1.82) is 0 Å². The zero-order chi connectivity index (χ0) is 40.2. The van der Waals surface area contributed by atoms with Crippen molar-refractivity contribution < 1.29 is 37.7 Å². The largest absolute Gasteiger partial charge is 0.472 e. The fourth-order valence-corrected chi connectivity index (χ4v) is 6.56. The zero-order valence-corrected chi connectivity index (χ0v) is 36.1. The molecule has 0 fully saturated rings. The number of nitrogens with one attached hydrogen (secondary N) is 1. The Bertz CT molecular complexity index is 1080. The summed E-state index contributed by atoms with van der Waals surface area (Å²) < 4.78 is 23.5. The first-order valence-corrected chi connectivity index (χ1v) is 23.0. The lowest BCUT2D eigenvalue weighted by atomic mass is 10.0. The number of unbranched alkanes of at least 4 members (excludes halogenated alkanes) is 16. The number of hydrogen-bond donors (Lipinski definition) is 3. The number of allylic oxidation sites excluding steroid dienone is 8. The number of likely N-dealkylation sites (N-methyl/N-ethyl adjacent to an activating group) is 1. The van der Waals surface area contributed by atoms with Crippen LogP contribution in [0.15, 0.2) is 48.6 Å². The highest BCUT2D eigenvalue weighted by Crippen LogP contribution is 2.43. The smallest absolute Gasteiger partial charge is 0.391 e. The Hall–Kier alpha value is -1.87. The number of hydrogen-bond acceptors (Lipinski definition) is 6. The SMILES string of the molecule is CCCCC/C=C\C/C=C\C/C=C\C=C\C(=O)CCCC(=O)N[C@@H](COP(=O)(O)OCC[N+](C)(C)C)[C@H](O)CCCCCCCCCCCCCCCC. The fourth-order valence-electron chi connectivity index (χ4n) is 5.82. The van der Waals surface area contributed by atoms with Crippen molar-refractivity contribution in [2.75, 3.05) is 40.9 Å². The van der Waals surface area contributed by atoms with Crippen molar-refractivity contribution in [2.24, 2.45) is 0 Å². The van der Waals surface area contributed by atoms with Crippen molar-refractivity contribution >= 4 is 19.5 Å². The van der Waals surface area contributed by atoms with E-state index in [1.165, 1.54) is 96.0 Å².